The number of aliphatic imine (C=N–C) groups is 1. The zero-order valence-electron chi connectivity index (χ0n) is 13.4. The Morgan fingerprint density at radius 3 is 2.56 bits per heavy atom. The summed E-state index contributed by atoms with van der Waals surface area (Å²) in [5, 5.41) is 1.89. The molecule has 2 rings (SSSR count). The highest BCUT2D eigenvalue weighted by molar-refractivity contribution is 8.00. The third-order valence-corrected chi connectivity index (χ3v) is 6.12. The van der Waals surface area contributed by atoms with E-state index in [0.29, 0.717) is 17.2 Å². The van der Waals surface area contributed by atoms with Crippen LogP contribution in [0.1, 0.15) is 5.69 Å². The summed E-state index contributed by atoms with van der Waals surface area (Å²) in [5.41, 5.74) is 17.3. The molecule has 11 heteroatoms. The van der Waals surface area contributed by atoms with Crippen molar-refractivity contribution in [3.63, 3.8) is 0 Å². The Kier molecular flexibility index (Phi) is 6.39. The Morgan fingerprint density at radius 2 is 1.96 bits per heavy atom. The number of nitrogens with two attached hydrogens (primary N) is 3. The van der Waals surface area contributed by atoms with Crippen LogP contribution in [0.15, 0.2) is 50.0 Å². The highest BCUT2D eigenvalue weighted by Gasteiger charge is 2.19. The maximum Gasteiger partial charge on any atom is 0.283 e. The highest BCUT2D eigenvalue weighted by atomic mass is 32.2. The Balaban J connectivity index is 2.19. The molecule has 0 spiro atoms. The van der Waals surface area contributed by atoms with Crippen molar-refractivity contribution >= 4 is 50.0 Å². The normalized spacial score (nSPS) is 13.4. The second kappa shape index (κ2) is 8.32. The molecule has 1 heterocycles. The van der Waals surface area contributed by atoms with Crippen LogP contribution < -0.4 is 17.2 Å². The van der Waals surface area contributed by atoms with E-state index in [1.54, 1.807) is 23.6 Å². The van der Waals surface area contributed by atoms with E-state index in [9.17, 15) is 8.42 Å². The average molecular weight is 399 g/mol. The van der Waals surface area contributed by atoms with Crippen LogP contribution in [0, 0.1) is 0 Å². The second-order valence-electron chi connectivity index (χ2n) is 4.89. The molecule has 134 valence electrons. The topological polar surface area (TPSA) is 150 Å². The monoisotopic (exact) mass is 398 g/mol. The lowest BCUT2D eigenvalue weighted by Gasteiger charge is -2.12. The van der Waals surface area contributed by atoms with Gasteiger partial charge in [-0.2, -0.15) is 25.2 Å². The van der Waals surface area contributed by atoms with Crippen LogP contribution in [0.5, 0.6) is 0 Å². The number of thioether (sulfide) groups is 1. The molecule has 0 saturated heterocycles. The number of hydrogen-bond donors (Lipinski definition) is 3. The van der Waals surface area contributed by atoms with Gasteiger partial charge in [0.1, 0.15) is 5.84 Å². The van der Waals surface area contributed by atoms with Crippen LogP contribution in [-0.4, -0.2) is 36.7 Å². The molecular formula is C14H18N6O2S3. The van der Waals surface area contributed by atoms with Crippen LogP contribution in [0.25, 0.3) is 0 Å². The standard InChI is InChI=1S/C14H18N6O2S3/c1-23-11(7-9-8-24-14(18-9)19-13(16)17)12(15)20-25(21,22)10-5-3-2-4-6-10/h2-6,8,11H,7H2,1H3,(H2,15,20)(H4,16,17,18,19). The summed E-state index contributed by atoms with van der Waals surface area (Å²) >= 11 is 2.68. The SMILES string of the molecule is CSC(Cc1csc(N=C(N)N)n1)C(N)=NS(=O)(=O)c1ccccc1. The first-order valence-corrected chi connectivity index (χ1v) is 10.6. The van der Waals surface area contributed by atoms with Gasteiger partial charge in [0.2, 0.25) is 5.13 Å². The quantitative estimate of drug-likeness (QED) is 0.466. The van der Waals surface area contributed by atoms with Crippen molar-refractivity contribution in [2.45, 2.75) is 16.6 Å². The van der Waals surface area contributed by atoms with Gasteiger partial charge in [0.15, 0.2) is 5.96 Å². The second-order valence-corrected chi connectivity index (χ2v) is 8.37. The van der Waals surface area contributed by atoms with Crippen LogP contribution >= 0.6 is 23.1 Å². The molecule has 1 aromatic heterocycles. The third kappa shape index (κ3) is 5.44. The summed E-state index contributed by atoms with van der Waals surface area (Å²) < 4.78 is 28.4. The Labute approximate surface area is 154 Å². The first kappa shape index (κ1) is 19.2. The maximum absolute atomic E-state index is 12.3. The molecule has 1 unspecified atom stereocenters. The maximum atomic E-state index is 12.3. The van der Waals surface area contributed by atoms with E-state index >= 15 is 0 Å². The number of amidine groups is 1. The van der Waals surface area contributed by atoms with Crippen LogP contribution in [-0.2, 0) is 16.4 Å². The van der Waals surface area contributed by atoms with Gasteiger partial charge in [0.25, 0.3) is 10.0 Å². The molecule has 0 amide bonds. The molecule has 1 atom stereocenters. The molecule has 0 aliphatic heterocycles. The van der Waals surface area contributed by atoms with Gasteiger partial charge in [0.05, 0.1) is 15.8 Å². The van der Waals surface area contributed by atoms with Crippen molar-refractivity contribution in [2.24, 2.45) is 26.6 Å². The minimum absolute atomic E-state index is 0.0211. The molecule has 2 aromatic rings. The summed E-state index contributed by atoms with van der Waals surface area (Å²) in [6.45, 7) is 0. The number of thiazole rings is 1. The molecule has 25 heavy (non-hydrogen) atoms. The number of nitrogens with zero attached hydrogens (tertiary/aromatic N) is 3. The summed E-state index contributed by atoms with van der Waals surface area (Å²) in [7, 11) is -3.84. The van der Waals surface area contributed by atoms with Gasteiger partial charge in [-0.05, 0) is 18.4 Å². The largest absolute Gasteiger partial charge is 0.386 e. The van der Waals surface area contributed by atoms with Crippen LogP contribution in [0.4, 0.5) is 5.13 Å². The van der Waals surface area contributed by atoms with Gasteiger partial charge < -0.3 is 17.2 Å². The number of sulfonamides is 1. The van der Waals surface area contributed by atoms with Gasteiger partial charge in [-0.3, -0.25) is 0 Å². The van der Waals surface area contributed by atoms with E-state index < -0.39 is 10.0 Å². The number of guanidine groups is 1. The lowest BCUT2D eigenvalue weighted by molar-refractivity contribution is 0.598. The van der Waals surface area contributed by atoms with Crippen molar-refractivity contribution in [1.29, 1.82) is 0 Å². The molecule has 8 nitrogen and oxygen atoms in total. The molecule has 0 saturated carbocycles. The summed E-state index contributed by atoms with van der Waals surface area (Å²) in [5.74, 6) is -0.0508. The van der Waals surface area contributed by atoms with Gasteiger partial charge >= 0.3 is 0 Å². The molecular weight excluding hydrogens is 380 g/mol. The minimum atomic E-state index is -3.84. The van der Waals surface area contributed by atoms with E-state index in [-0.39, 0.29) is 21.9 Å². The minimum Gasteiger partial charge on any atom is -0.386 e. The smallest absolute Gasteiger partial charge is 0.283 e. The average Bonchev–Trinajstić information content (AvgIpc) is 2.99. The lowest BCUT2D eigenvalue weighted by Crippen LogP contribution is -2.29. The fraction of sp³-hybridized carbons (Fsp3) is 0.214. The van der Waals surface area contributed by atoms with Crippen LogP contribution in [0.3, 0.4) is 0 Å². The van der Waals surface area contributed by atoms with E-state index in [1.165, 1.54) is 35.2 Å². The molecule has 0 bridgehead atoms. The van der Waals surface area contributed by atoms with Crippen molar-refractivity contribution in [3.8, 4) is 0 Å². The van der Waals surface area contributed by atoms with E-state index in [1.807, 2.05) is 6.26 Å². The van der Waals surface area contributed by atoms with E-state index in [4.69, 9.17) is 17.2 Å². The number of aromatic nitrogens is 1. The number of rotatable bonds is 7. The van der Waals surface area contributed by atoms with E-state index in [2.05, 4.69) is 14.4 Å². The predicted molar refractivity (Wildman–Crippen MR) is 104 cm³/mol. The molecule has 0 fully saturated rings. The zero-order valence-corrected chi connectivity index (χ0v) is 15.8. The fourth-order valence-corrected chi connectivity index (χ4v) is 4.32. The highest BCUT2D eigenvalue weighted by Crippen LogP contribution is 2.22. The number of hydrogen-bond acceptors (Lipinski definition) is 6. The molecule has 6 N–H and O–H groups in total. The third-order valence-electron chi connectivity index (χ3n) is 3.04. The Morgan fingerprint density at radius 1 is 1.28 bits per heavy atom. The zero-order chi connectivity index (χ0) is 18.4. The van der Waals surface area contributed by atoms with Crippen molar-refractivity contribution < 1.29 is 8.42 Å². The molecule has 1 aromatic carbocycles. The first-order chi connectivity index (χ1) is 11.8. The predicted octanol–water partition coefficient (Wildman–Crippen LogP) is 1.07. The molecule has 0 radical (unpaired) electrons. The fourth-order valence-electron chi connectivity index (χ4n) is 1.89. The number of benzene rings is 1. The van der Waals surface area contributed by atoms with Gasteiger partial charge in [0, 0.05) is 11.8 Å². The summed E-state index contributed by atoms with van der Waals surface area (Å²) in [4.78, 5) is 8.24. The first-order valence-electron chi connectivity index (χ1n) is 7.04. The van der Waals surface area contributed by atoms with Gasteiger partial charge in [-0.1, -0.05) is 18.2 Å². The van der Waals surface area contributed by atoms with Crippen LogP contribution in [0.2, 0.25) is 0 Å². The molecule has 0 aliphatic rings. The van der Waals surface area contributed by atoms with Crippen molar-refractivity contribution in [1.82, 2.24) is 4.98 Å². The van der Waals surface area contributed by atoms with E-state index in [0.717, 1.165) is 0 Å². The van der Waals surface area contributed by atoms with Gasteiger partial charge in [-0.25, -0.2) is 4.98 Å². The van der Waals surface area contributed by atoms with Crippen molar-refractivity contribution in [2.75, 3.05) is 6.26 Å². The Hall–Kier alpha value is -2.11. The summed E-state index contributed by atoms with van der Waals surface area (Å²) in [6, 6.07) is 7.94. The van der Waals surface area contributed by atoms with Crippen molar-refractivity contribution in [3.05, 3.63) is 41.4 Å². The lowest BCUT2D eigenvalue weighted by atomic mass is 10.2. The Bertz CT molecular complexity index is 873. The molecule has 0 aliphatic carbocycles. The summed E-state index contributed by atoms with van der Waals surface area (Å²) in [6.07, 6.45) is 2.24. The van der Waals surface area contributed by atoms with Gasteiger partial charge in [-0.15, -0.1) is 15.7 Å².